The first-order valence-electron chi connectivity index (χ1n) is 6.03. The maximum atomic E-state index is 5.39. The van der Waals surface area contributed by atoms with Crippen LogP contribution in [0.2, 0.25) is 0 Å². The van der Waals surface area contributed by atoms with Crippen LogP contribution >= 0.6 is 27.3 Å². The zero-order valence-electron chi connectivity index (χ0n) is 10.9. The van der Waals surface area contributed by atoms with Gasteiger partial charge in [-0.25, -0.2) is 5.84 Å². The molecule has 0 saturated carbocycles. The quantitative estimate of drug-likeness (QED) is 0.516. The molecule has 0 radical (unpaired) electrons. The highest BCUT2D eigenvalue weighted by Gasteiger charge is 2.07. The van der Waals surface area contributed by atoms with E-state index in [0.29, 0.717) is 19.1 Å². The molecule has 20 heavy (non-hydrogen) atoms. The van der Waals surface area contributed by atoms with Gasteiger partial charge < -0.3 is 10.1 Å². The van der Waals surface area contributed by atoms with Gasteiger partial charge in [0.2, 0.25) is 11.9 Å². The summed E-state index contributed by atoms with van der Waals surface area (Å²) < 4.78 is 6.45. The topological polar surface area (TPSA) is 98.0 Å². The molecule has 2 aromatic heterocycles. The molecule has 0 aliphatic rings. The minimum atomic E-state index is 0.254. The highest BCUT2D eigenvalue weighted by molar-refractivity contribution is 9.10. The van der Waals surface area contributed by atoms with Crippen LogP contribution in [-0.2, 0) is 6.54 Å². The van der Waals surface area contributed by atoms with Gasteiger partial charge in [-0.2, -0.15) is 15.0 Å². The van der Waals surface area contributed by atoms with Crippen molar-refractivity contribution in [3.05, 3.63) is 20.8 Å². The summed E-state index contributed by atoms with van der Waals surface area (Å²) in [4.78, 5) is 13.5. The molecule has 9 heteroatoms. The van der Waals surface area contributed by atoms with Crippen LogP contribution in [0.25, 0.3) is 0 Å². The number of thiophene rings is 1. The van der Waals surface area contributed by atoms with Crippen molar-refractivity contribution in [3.8, 4) is 6.01 Å². The summed E-state index contributed by atoms with van der Waals surface area (Å²) in [5, 5.41) is 5.14. The Hall–Kier alpha value is -1.45. The molecule has 0 bridgehead atoms. The molecule has 0 saturated heterocycles. The van der Waals surface area contributed by atoms with E-state index in [1.54, 1.807) is 11.3 Å². The molecule has 0 amide bonds. The molecule has 7 nitrogen and oxygen atoms in total. The van der Waals surface area contributed by atoms with Crippen molar-refractivity contribution >= 4 is 39.2 Å². The molecule has 2 rings (SSSR count). The van der Waals surface area contributed by atoms with Gasteiger partial charge in [0.1, 0.15) is 0 Å². The van der Waals surface area contributed by atoms with Gasteiger partial charge in [0.05, 0.1) is 13.2 Å². The average molecular weight is 359 g/mol. The molecule has 0 spiro atoms. The van der Waals surface area contributed by atoms with Crippen LogP contribution in [0.4, 0.5) is 11.9 Å². The molecular formula is C11H15BrN6OS. The van der Waals surface area contributed by atoms with Crippen LogP contribution in [0, 0.1) is 0 Å². The first kappa shape index (κ1) is 14.9. The zero-order chi connectivity index (χ0) is 14.4. The van der Waals surface area contributed by atoms with E-state index in [4.69, 9.17) is 10.6 Å². The number of rotatable bonds is 7. The second kappa shape index (κ2) is 7.36. The lowest BCUT2D eigenvalue weighted by Gasteiger charge is -2.08. The van der Waals surface area contributed by atoms with Crippen molar-refractivity contribution in [1.29, 1.82) is 0 Å². The van der Waals surface area contributed by atoms with Crippen molar-refractivity contribution in [2.24, 2.45) is 5.84 Å². The van der Waals surface area contributed by atoms with E-state index in [1.165, 1.54) is 0 Å². The highest BCUT2D eigenvalue weighted by atomic mass is 79.9. The van der Waals surface area contributed by atoms with Crippen LogP contribution in [0.1, 0.15) is 18.2 Å². The van der Waals surface area contributed by atoms with Crippen molar-refractivity contribution in [2.45, 2.75) is 19.9 Å². The Labute approximate surface area is 129 Å². The van der Waals surface area contributed by atoms with E-state index in [0.717, 1.165) is 15.8 Å². The van der Waals surface area contributed by atoms with Crippen molar-refractivity contribution in [1.82, 2.24) is 15.0 Å². The van der Waals surface area contributed by atoms with Gasteiger partial charge in [-0.1, -0.05) is 6.92 Å². The van der Waals surface area contributed by atoms with Crippen LogP contribution in [0.3, 0.4) is 0 Å². The lowest BCUT2D eigenvalue weighted by molar-refractivity contribution is 0.292. The van der Waals surface area contributed by atoms with E-state index < -0.39 is 0 Å². The fraction of sp³-hybridized carbons (Fsp3) is 0.364. The van der Waals surface area contributed by atoms with Crippen LogP contribution in [0.5, 0.6) is 6.01 Å². The lowest BCUT2D eigenvalue weighted by Crippen LogP contribution is -2.14. The van der Waals surface area contributed by atoms with E-state index >= 15 is 0 Å². The summed E-state index contributed by atoms with van der Waals surface area (Å²) >= 11 is 5.06. The Bertz CT molecular complexity index is 564. The Morgan fingerprint density at radius 1 is 1.35 bits per heavy atom. The van der Waals surface area contributed by atoms with Crippen LogP contribution in [0.15, 0.2) is 15.9 Å². The third-order valence-electron chi connectivity index (χ3n) is 2.22. The number of anilines is 2. The lowest BCUT2D eigenvalue weighted by atomic mass is 10.5. The maximum absolute atomic E-state index is 5.39. The first-order chi connectivity index (χ1) is 9.71. The summed E-state index contributed by atoms with van der Waals surface area (Å²) in [6, 6.07) is 2.29. The Morgan fingerprint density at radius 2 is 2.15 bits per heavy atom. The molecule has 0 atom stereocenters. The number of halogens is 1. The van der Waals surface area contributed by atoms with Gasteiger partial charge in [0.15, 0.2) is 0 Å². The van der Waals surface area contributed by atoms with E-state index in [-0.39, 0.29) is 12.0 Å². The predicted molar refractivity (Wildman–Crippen MR) is 82.8 cm³/mol. The number of hydrazine groups is 1. The minimum Gasteiger partial charge on any atom is -0.463 e. The molecule has 0 unspecified atom stereocenters. The number of aromatic nitrogens is 3. The number of nitrogens with zero attached hydrogens (tertiary/aromatic N) is 3. The number of ether oxygens (including phenoxy) is 1. The van der Waals surface area contributed by atoms with Crippen molar-refractivity contribution in [3.63, 3.8) is 0 Å². The third-order valence-corrected chi connectivity index (χ3v) is 3.92. The zero-order valence-corrected chi connectivity index (χ0v) is 13.3. The third kappa shape index (κ3) is 4.29. The number of hydrogen-bond donors (Lipinski definition) is 3. The highest BCUT2D eigenvalue weighted by Crippen LogP contribution is 2.20. The first-order valence-corrected chi connectivity index (χ1v) is 7.70. The number of nitrogen functional groups attached to an aromatic ring is 1. The standard InChI is InChI=1S/C11H15BrN6OS/c1-2-3-19-11-16-9(15-10(17-11)18-13)14-5-8-4-7(12)6-20-8/h4,6H,2-3,5,13H2,1H3,(H2,14,15,16,17,18). The SMILES string of the molecule is CCCOc1nc(NN)nc(NCc2cc(Br)cs2)n1. The van der Waals surface area contributed by atoms with E-state index in [2.05, 4.69) is 41.6 Å². The number of nitrogens with one attached hydrogen (secondary N) is 2. The van der Waals surface area contributed by atoms with Crippen LogP contribution in [-0.4, -0.2) is 21.6 Å². The molecular weight excluding hydrogens is 344 g/mol. The number of nitrogens with two attached hydrogens (primary N) is 1. The molecule has 0 fully saturated rings. The molecule has 0 aromatic carbocycles. The molecule has 2 aromatic rings. The minimum absolute atomic E-state index is 0.254. The van der Waals surface area contributed by atoms with Gasteiger partial charge in [-0.15, -0.1) is 11.3 Å². The summed E-state index contributed by atoms with van der Waals surface area (Å²) in [7, 11) is 0. The van der Waals surface area contributed by atoms with Crippen molar-refractivity contribution < 1.29 is 4.74 Å². The maximum Gasteiger partial charge on any atom is 0.323 e. The van der Waals surface area contributed by atoms with Crippen molar-refractivity contribution in [2.75, 3.05) is 17.3 Å². The van der Waals surface area contributed by atoms with Gasteiger partial charge in [-0.3, -0.25) is 5.43 Å². The number of hydrogen-bond acceptors (Lipinski definition) is 8. The molecule has 2 heterocycles. The van der Waals surface area contributed by atoms with Gasteiger partial charge in [0.25, 0.3) is 0 Å². The Balaban J connectivity index is 2.05. The predicted octanol–water partition coefficient (Wildman–Crippen LogP) is 2.38. The van der Waals surface area contributed by atoms with Gasteiger partial charge in [0, 0.05) is 14.7 Å². The largest absolute Gasteiger partial charge is 0.463 e. The monoisotopic (exact) mass is 358 g/mol. The fourth-order valence-corrected chi connectivity index (χ4v) is 2.76. The molecule has 108 valence electrons. The Kier molecular flexibility index (Phi) is 5.50. The summed E-state index contributed by atoms with van der Waals surface area (Å²) in [6.07, 6.45) is 0.878. The fourth-order valence-electron chi connectivity index (χ4n) is 1.37. The Morgan fingerprint density at radius 3 is 2.80 bits per heavy atom. The summed E-state index contributed by atoms with van der Waals surface area (Å²) in [5.41, 5.74) is 2.40. The van der Waals surface area contributed by atoms with E-state index in [1.807, 2.05) is 18.4 Å². The second-order valence-corrected chi connectivity index (χ2v) is 5.75. The average Bonchev–Trinajstić information content (AvgIpc) is 2.88. The second-order valence-electron chi connectivity index (χ2n) is 3.84. The summed E-state index contributed by atoms with van der Waals surface area (Å²) in [6.45, 7) is 3.18. The van der Waals surface area contributed by atoms with Gasteiger partial charge in [-0.05, 0) is 28.4 Å². The molecule has 0 aliphatic heterocycles. The van der Waals surface area contributed by atoms with Gasteiger partial charge >= 0.3 is 6.01 Å². The summed E-state index contributed by atoms with van der Waals surface area (Å²) in [5.74, 6) is 6.02. The smallest absolute Gasteiger partial charge is 0.323 e. The van der Waals surface area contributed by atoms with Crippen LogP contribution < -0.4 is 21.3 Å². The normalized spacial score (nSPS) is 10.3. The van der Waals surface area contributed by atoms with E-state index in [9.17, 15) is 0 Å². The molecule has 4 N–H and O–H groups in total. The molecule has 0 aliphatic carbocycles.